The first-order valence-corrected chi connectivity index (χ1v) is 6.49. The molecular weight excluding hydrogens is 224 g/mol. The van der Waals surface area contributed by atoms with Crippen LogP contribution in [0.4, 0.5) is 0 Å². The van der Waals surface area contributed by atoms with E-state index in [-0.39, 0.29) is 23.4 Å². The van der Waals surface area contributed by atoms with Crippen LogP contribution in [-0.4, -0.2) is 12.1 Å². The minimum atomic E-state index is -0.222. The molecule has 100 valence electrons. The molecule has 2 heteroatoms. The van der Waals surface area contributed by atoms with Gasteiger partial charge in [-0.15, -0.1) is 0 Å². The Hall–Kier alpha value is -1.31. The number of hydrogen-bond acceptors (Lipinski definition) is 2. The molecule has 0 N–H and O–H groups in total. The lowest BCUT2D eigenvalue weighted by Crippen LogP contribution is -2.19. The van der Waals surface area contributed by atoms with Crippen molar-refractivity contribution in [3.8, 4) is 0 Å². The molecule has 0 aliphatic carbocycles. The molecule has 0 aromatic heterocycles. The lowest BCUT2D eigenvalue weighted by atomic mass is 9.85. The monoisotopic (exact) mass is 248 g/mol. The third-order valence-electron chi connectivity index (χ3n) is 3.36. The largest absolute Gasteiger partial charge is 0.462 e. The number of benzene rings is 1. The fourth-order valence-electron chi connectivity index (χ4n) is 1.92. The molecule has 1 rings (SSSR count). The predicted molar refractivity (Wildman–Crippen MR) is 74.8 cm³/mol. The molecule has 1 aromatic carbocycles. The zero-order chi connectivity index (χ0) is 13.9. The van der Waals surface area contributed by atoms with Crippen LogP contribution in [-0.2, 0) is 14.9 Å². The van der Waals surface area contributed by atoms with Gasteiger partial charge in [0.15, 0.2) is 0 Å². The average molecular weight is 248 g/mol. The van der Waals surface area contributed by atoms with E-state index in [4.69, 9.17) is 4.74 Å². The van der Waals surface area contributed by atoms with Gasteiger partial charge in [-0.3, -0.25) is 4.79 Å². The Morgan fingerprint density at radius 2 is 1.61 bits per heavy atom. The van der Waals surface area contributed by atoms with Gasteiger partial charge in [0.25, 0.3) is 0 Å². The summed E-state index contributed by atoms with van der Waals surface area (Å²) in [6, 6.07) is 8.58. The number of ether oxygens (including phenoxy) is 1. The van der Waals surface area contributed by atoms with Gasteiger partial charge >= 0.3 is 5.97 Å². The minimum absolute atomic E-state index is 0.0945. The van der Waals surface area contributed by atoms with Crippen LogP contribution >= 0.6 is 0 Å². The Balaban J connectivity index is 2.82. The second-order valence-electron chi connectivity index (χ2n) is 5.98. The first kappa shape index (κ1) is 14.7. The molecule has 2 nitrogen and oxygen atoms in total. The van der Waals surface area contributed by atoms with Crippen molar-refractivity contribution in [3.05, 3.63) is 35.4 Å². The summed E-state index contributed by atoms with van der Waals surface area (Å²) in [6.07, 6.45) is -0.0945. The molecule has 0 fully saturated rings. The van der Waals surface area contributed by atoms with Crippen molar-refractivity contribution in [3.63, 3.8) is 0 Å². The fourth-order valence-corrected chi connectivity index (χ4v) is 1.92. The zero-order valence-electron chi connectivity index (χ0n) is 12.3. The van der Waals surface area contributed by atoms with Gasteiger partial charge < -0.3 is 4.74 Å². The molecule has 0 saturated carbocycles. The number of carbonyl (C=O) groups excluding carboxylic acids is 1. The molecule has 0 aliphatic heterocycles. The third kappa shape index (κ3) is 3.86. The van der Waals surface area contributed by atoms with Crippen molar-refractivity contribution in [2.24, 2.45) is 0 Å². The van der Waals surface area contributed by atoms with Crippen LogP contribution in [0.25, 0.3) is 0 Å². The summed E-state index contributed by atoms with van der Waals surface area (Å²) in [5.74, 6) is -0.0106. The van der Waals surface area contributed by atoms with Gasteiger partial charge in [-0.2, -0.15) is 0 Å². The van der Waals surface area contributed by atoms with Crippen molar-refractivity contribution in [1.29, 1.82) is 0 Å². The molecule has 0 radical (unpaired) electrons. The van der Waals surface area contributed by atoms with Gasteiger partial charge in [0.2, 0.25) is 0 Å². The highest BCUT2D eigenvalue weighted by atomic mass is 16.5. The van der Waals surface area contributed by atoms with Crippen molar-refractivity contribution < 1.29 is 9.53 Å². The number of hydrogen-bond donors (Lipinski definition) is 0. The number of esters is 1. The topological polar surface area (TPSA) is 26.3 Å². The summed E-state index contributed by atoms with van der Waals surface area (Å²) in [7, 11) is 0. The first-order chi connectivity index (χ1) is 8.21. The Morgan fingerprint density at radius 1 is 1.11 bits per heavy atom. The Labute approximate surface area is 110 Å². The SMILES string of the molecule is CC(=O)O[C@@H](C)[C@H](C)c1ccc(C(C)(C)C)cc1. The van der Waals surface area contributed by atoms with Gasteiger partial charge in [0.05, 0.1) is 0 Å². The second-order valence-corrected chi connectivity index (χ2v) is 5.98. The highest BCUT2D eigenvalue weighted by molar-refractivity contribution is 5.66. The number of carbonyl (C=O) groups is 1. The summed E-state index contributed by atoms with van der Waals surface area (Å²) >= 11 is 0. The maximum absolute atomic E-state index is 11.0. The van der Waals surface area contributed by atoms with Crippen LogP contribution in [0.3, 0.4) is 0 Å². The van der Waals surface area contributed by atoms with Gasteiger partial charge in [0.1, 0.15) is 6.10 Å². The maximum Gasteiger partial charge on any atom is 0.302 e. The molecule has 0 aliphatic rings. The van der Waals surface area contributed by atoms with E-state index < -0.39 is 0 Å². The molecule has 0 unspecified atom stereocenters. The van der Waals surface area contributed by atoms with E-state index in [1.54, 1.807) is 0 Å². The molecule has 0 bridgehead atoms. The quantitative estimate of drug-likeness (QED) is 0.755. The van der Waals surface area contributed by atoms with Crippen molar-refractivity contribution in [2.75, 3.05) is 0 Å². The smallest absolute Gasteiger partial charge is 0.302 e. The summed E-state index contributed by atoms with van der Waals surface area (Å²) in [5.41, 5.74) is 2.69. The fraction of sp³-hybridized carbons (Fsp3) is 0.562. The molecule has 0 amide bonds. The van der Waals surface area contributed by atoms with Crippen LogP contribution in [0.5, 0.6) is 0 Å². The van der Waals surface area contributed by atoms with Gasteiger partial charge in [-0.05, 0) is 23.5 Å². The standard InChI is InChI=1S/C16H24O2/c1-11(12(2)18-13(3)17)14-7-9-15(10-8-14)16(4,5)6/h7-12H,1-6H3/t11-,12-/m0/s1. The van der Waals surface area contributed by atoms with Gasteiger partial charge in [-0.1, -0.05) is 52.0 Å². The summed E-state index contributed by atoms with van der Waals surface area (Å²) in [5, 5.41) is 0. The van der Waals surface area contributed by atoms with E-state index in [9.17, 15) is 4.79 Å². The maximum atomic E-state index is 11.0. The van der Waals surface area contributed by atoms with E-state index in [2.05, 4.69) is 52.0 Å². The molecule has 1 aromatic rings. The third-order valence-corrected chi connectivity index (χ3v) is 3.36. The van der Waals surface area contributed by atoms with Crippen molar-refractivity contribution in [2.45, 2.75) is 59.0 Å². The lowest BCUT2D eigenvalue weighted by molar-refractivity contribution is -0.146. The lowest BCUT2D eigenvalue weighted by Gasteiger charge is -2.23. The van der Waals surface area contributed by atoms with E-state index in [0.29, 0.717) is 0 Å². The van der Waals surface area contributed by atoms with E-state index in [1.807, 2.05) is 6.92 Å². The molecule has 0 spiro atoms. The Morgan fingerprint density at radius 3 is 2.00 bits per heavy atom. The van der Waals surface area contributed by atoms with Gasteiger partial charge in [-0.25, -0.2) is 0 Å². The van der Waals surface area contributed by atoms with Crippen LogP contribution in [0, 0.1) is 0 Å². The first-order valence-electron chi connectivity index (χ1n) is 6.49. The summed E-state index contributed by atoms with van der Waals surface area (Å²) in [6.45, 7) is 12.1. The molecule has 0 heterocycles. The van der Waals surface area contributed by atoms with Gasteiger partial charge in [0, 0.05) is 12.8 Å². The summed E-state index contributed by atoms with van der Waals surface area (Å²) in [4.78, 5) is 11.0. The van der Waals surface area contributed by atoms with Crippen molar-refractivity contribution in [1.82, 2.24) is 0 Å². The van der Waals surface area contributed by atoms with Crippen LogP contribution in [0.15, 0.2) is 24.3 Å². The summed E-state index contributed by atoms with van der Waals surface area (Å²) < 4.78 is 5.22. The van der Waals surface area contributed by atoms with E-state index in [0.717, 1.165) is 0 Å². The van der Waals surface area contributed by atoms with E-state index in [1.165, 1.54) is 18.1 Å². The zero-order valence-corrected chi connectivity index (χ0v) is 12.3. The molecule has 0 saturated heterocycles. The highest BCUT2D eigenvalue weighted by Gasteiger charge is 2.18. The second kappa shape index (κ2) is 5.55. The molecule has 18 heavy (non-hydrogen) atoms. The Bertz CT molecular complexity index is 398. The van der Waals surface area contributed by atoms with Crippen molar-refractivity contribution >= 4 is 5.97 Å². The molecule has 2 atom stereocenters. The van der Waals surface area contributed by atoms with Crippen LogP contribution in [0.2, 0.25) is 0 Å². The van der Waals surface area contributed by atoms with E-state index >= 15 is 0 Å². The van der Waals surface area contributed by atoms with Crippen LogP contribution in [0.1, 0.15) is 58.6 Å². The predicted octanol–water partition coefficient (Wildman–Crippen LogP) is 4.04. The van der Waals surface area contributed by atoms with Crippen LogP contribution < -0.4 is 0 Å². The molecular formula is C16H24O2. The Kier molecular flexibility index (Phi) is 4.55. The normalized spacial score (nSPS) is 15.0. The minimum Gasteiger partial charge on any atom is -0.462 e. The average Bonchev–Trinajstić information content (AvgIpc) is 2.26. The number of rotatable bonds is 3. The highest BCUT2D eigenvalue weighted by Crippen LogP contribution is 2.26.